The summed E-state index contributed by atoms with van der Waals surface area (Å²) in [4.78, 5) is 10.5. The van der Waals surface area contributed by atoms with E-state index >= 15 is 0 Å². The van der Waals surface area contributed by atoms with E-state index in [1.54, 1.807) is 0 Å². The number of benzene rings is 1. The normalized spacial score (nSPS) is 21.4. The zero-order valence-corrected chi connectivity index (χ0v) is 13.6. The molecule has 1 fully saturated rings. The van der Waals surface area contributed by atoms with E-state index in [4.69, 9.17) is 4.74 Å². The maximum Gasteiger partial charge on any atom is 0.127 e. The number of H-pyrrole nitrogens is 1. The zero-order chi connectivity index (χ0) is 15.6. The van der Waals surface area contributed by atoms with Crippen molar-refractivity contribution in [2.24, 2.45) is 0 Å². The van der Waals surface area contributed by atoms with E-state index in [1.165, 1.54) is 24.0 Å². The molecule has 1 atom stereocenters. The van der Waals surface area contributed by atoms with Crippen molar-refractivity contribution in [1.29, 1.82) is 0 Å². The lowest BCUT2D eigenvalue weighted by atomic mass is 9.96. The molecule has 1 aromatic carbocycles. The van der Waals surface area contributed by atoms with Gasteiger partial charge in [0.15, 0.2) is 0 Å². The molecule has 0 amide bonds. The summed E-state index contributed by atoms with van der Waals surface area (Å²) in [6, 6.07) is 8.26. The fourth-order valence-electron chi connectivity index (χ4n) is 3.60. The van der Waals surface area contributed by atoms with Crippen molar-refractivity contribution in [1.82, 2.24) is 14.9 Å². The Bertz CT molecular complexity index is 719. The highest BCUT2D eigenvalue weighted by molar-refractivity contribution is 5.62. The first kappa shape index (κ1) is 14.5. The van der Waals surface area contributed by atoms with Crippen LogP contribution in [0.4, 0.5) is 0 Å². The van der Waals surface area contributed by atoms with E-state index in [0.29, 0.717) is 12.5 Å². The van der Waals surface area contributed by atoms with Gasteiger partial charge < -0.3 is 9.72 Å². The first-order valence-electron chi connectivity index (χ1n) is 8.43. The molecule has 0 aliphatic carbocycles. The van der Waals surface area contributed by atoms with E-state index in [2.05, 4.69) is 40.0 Å². The first-order chi connectivity index (χ1) is 11.3. The lowest BCUT2D eigenvalue weighted by molar-refractivity contribution is 0.211. The summed E-state index contributed by atoms with van der Waals surface area (Å²) in [5.41, 5.74) is 3.71. The predicted octanol–water partition coefficient (Wildman–Crippen LogP) is 3.37. The van der Waals surface area contributed by atoms with Gasteiger partial charge in [-0.1, -0.05) is 18.2 Å². The molecule has 2 aromatic rings. The first-order valence-corrected chi connectivity index (χ1v) is 8.43. The van der Waals surface area contributed by atoms with Gasteiger partial charge in [0.1, 0.15) is 18.2 Å². The molecule has 1 saturated heterocycles. The second-order valence-electron chi connectivity index (χ2n) is 6.65. The van der Waals surface area contributed by atoms with Gasteiger partial charge in [-0.2, -0.15) is 0 Å². The number of rotatable bonds is 3. The second kappa shape index (κ2) is 6.20. The lowest BCUT2D eigenvalue weighted by Gasteiger charge is -2.33. The van der Waals surface area contributed by atoms with Crippen molar-refractivity contribution in [3.05, 3.63) is 53.1 Å². The Morgan fingerprint density at radius 3 is 3.13 bits per heavy atom. The largest absolute Gasteiger partial charge is 0.489 e. The van der Waals surface area contributed by atoms with E-state index in [0.717, 1.165) is 36.9 Å². The SMILES string of the molecule is Cc1cnc([C@H]2CCCN(CC3=Cc4ccccc4OC3)C2)[nH]1. The van der Waals surface area contributed by atoms with Crippen LogP contribution in [0.1, 0.15) is 35.8 Å². The molecule has 1 aromatic heterocycles. The Morgan fingerprint density at radius 2 is 2.26 bits per heavy atom. The molecule has 120 valence electrons. The number of imidazole rings is 1. The van der Waals surface area contributed by atoms with Crippen LogP contribution in [0, 0.1) is 6.92 Å². The number of hydrogen-bond donors (Lipinski definition) is 1. The second-order valence-corrected chi connectivity index (χ2v) is 6.65. The molecular weight excluding hydrogens is 286 g/mol. The third-order valence-electron chi connectivity index (χ3n) is 4.73. The van der Waals surface area contributed by atoms with Crippen LogP contribution in [0.5, 0.6) is 5.75 Å². The fraction of sp³-hybridized carbons (Fsp3) is 0.421. The molecule has 0 saturated carbocycles. The summed E-state index contributed by atoms with van der Waals surface area (Å²) in [7, 11) is 0. The number of nitrogens with one attached hydrogen (secondary N) is 1. The molecule has 0 radical (unpaired) electrons. The van der Waals surface area contributed by atoms with Gasteiger partial charge >= 0.3 is 0 Å². The average Bonchev–Trinajstić information content (AvgIpc) is 3.02. The molecule has 0 spiro atoms. The van der Waals surface area contributed by atoms with Gasteiger partial charge in [0.05, 0.1) is 0 Å². The van der Waals surface area contributed by atoms with Crippen LogP contribution < -0.4 is 4.74 Å². The molecule has 0 bridgehead atoms. The van der Waals surface area contributed by atoms with Crippen molar-refractivity contribution in [2.45, 2.75) is 25.7 Å². The molecule has 23 heavy (non-hydrogen) atoms. The minimum atomic E-state index is 0.523. The number of hydrogen-bond acceptors (Lipinski definition) is 3. The number of aryl methyl sites for hydroxylation is 1. The summed E-state index contributed by atoms with van der Waals surface area (Å²) < 4.78 is 5.88. The van der Waals surface area contributed by atoms with Crippen molar-refractivity contribution >= 4 is 6.08 Å². The van der Waals surface area contributed by atoms with Crippen molar-refractivity contribution < 1.29 is 4.74 Å². The molecule has 2 aliphatic heterocycles. The summed E-state index contributed by atoms with van der Waals surface area (Å²) in [5, 5.41) is 0. The van der Waals surface area contributed by atoms with Crippen molar-refractivity contribution in [2.75, 3.05) is 26.2 Å². The third kappa shape index (κ3) is 3.17. The monoisotopic (exact) mass is 309 g/mol. The number of aromatic amines is 1. The summed E-state index contributed by atoms with van der Waals surface area (Å²) in [6.07, 6.45) is 6.68. The standard InChI is InChI=1S/C19H23N3O/c1-14-10-20-19(21-14)17-6-4-8-22(12-17)11-15-9-16-5-2-3-7-18(16)23-13-15/h2-3,5,7,9-10,17H,4,6,8,11-13H2,1H3,(H,20,21)/t17-/m0/s1. The van der Waals surface area contributed by atoms with Crippen LogP contribution >= 0.6 is 0 Å². The summed E-state index contributed by atoms with van der Waals surface area (Å²) in [5.74, 6) is 2.67. The van der Waals surface area contributed by atoms with Crippen LogP contribution in [0.15, 0.2) is 36.0 Å². The van der Waals surface area contributed by atoms with E-state index in [1.807, 2.05) is 18.3 Å². The van der Waals surface area contributed by atoms with Gasteiger partial charge in [0.25, 0.3) is 0 Å². The van der Waals surface area contributed by atoms with Crippen molar-refractivity contribution in [3.8, 4) is 5.75 Å². The van der Waals surface area contributed by atoms with E-state index in [9.17, 15) is 0 Å². The summed E-state index contributed by atoms with van der Waals surface area (Å²) >= 11 is 0. The lowest BCUT2D eigenvalue weighted by Crippen LogP contribution is -2.37. The Kier molecular flexibility index (Phi) is 3.92. The highest BCUT2D eigenvalue weighted by atomic mass is 16.5. The molecule has 3 heterocycles. The number of likely N-dealkylation sites (tertiary alicyclic amines) is 1. The van der Waals surface area contributed by atoms with Crippen LogP contribution in [0.25, 0.3) is 6.08 Å². The highest BCUT2D eigenvalue weighted by Gasteiger charge is 2.24. The van der Waals surface area contributed by atoms with Gasteiger partial charge in [-0.25, -0.2) is 4.98 Å². The Labute approximate surface area is 137 Å². The minimum absolute atomic E-state index is 0.523. The summed E-state index contributed by atoms with van der Waals surface area (Å²) in [6.45, 7) is 6.00. The third-order valence-corrected chi connectivity index (χ3v) is 4.73. The minimum Gasteiger partial charge on any atom is -0.489 e. The molecule has 1 N–H and O–H groups in total. The fourth-order valence-corrected chi connectivity index (χ4v) is 3.60. The van der Waals surface area contributed by atoms with Crippen LogP contribution in [-0.4, -0.2) is 41.1 Å². The predicted molar refractivity (Wildman–Crippen MR) is 91.7 cm³/mol. The molecule has 0 unspecified atom stereocenters. The van der Waals surface area contributed by atoms with Gasteiger partial charge in [-0.15, -0.1) is 0 Å². The maximum absolute atomic E-state index is 5.88. The highest BCUT2D eigenvalue weighted by Crippen LogP contribution is 2.28. The quantitative estimate of drug-likeness (QED) is 0.945. The van der Waals surface area contributed by atoms with Crippen LogP contribution in [-0.2, 0) is 0 Å². The van der Waals surface area contributed by atoms with E-state index in [-0.39, 0.29) is 0 Å². The number of para-hydroxylation sites is 1. The van der Waals surface area contributed by atoms with Gasteiger partial charge in [0.2, 0.25) is 0 Å². The Hall–Kier alpha value is -2.07. The maximum atomic E-state index is 5.88. The van der Waals surface area contributed by atoms with Gasteiger partial charge in [-0.05, 0) is 44.0 Å². The Morgan fingerprint density at radius 1 is 1.35 bits per heavy atom. The Balaban J connectivity index is 1.44. The van der Waals surface area contributed by atoms with Gasteiger partial charge in [-0.3, -0.25) is 4.90 Å². The average molecular weight is 309 g/mol. The van der Waals surface area contributed by atoms with Crippen LogP contribution in [0.3, 0.4) is 0 Å². The molecule has 4 nitrogen and oxygen atoms in total. The molecule has 4 heteroatoms. The van der Waals surface area contributed by atoms with Crippen LogP contribution in [0.2, 0.25) is 0 Å². The number of nitrogens with zero attached hydrogens (tertiary/aromatic N) is 2. The number of ether oxygens (including phenoxy) is 1. The number of aromatic nitrogens is 2. The van der Waals surface area contributed by atoms with E-state index < -0.39 is 0 Å². The zero-order valence-electron chi connectivity index (χ0n) is 13.6. The topological polar surface area (TPSA) is 41.2 Å². The molecular formula is C19H23N3O. The van der Waals surface area contributed by atoms with Crippen molar-refractivity contribution in [3.63, 3.8) is 0 Å². The molecule has 4 rings (SSSR count). The number of piperidine rings is 1. The smallest absolute Gasteiger partial charge is 0.127 e. The van der Waals surface area contributed by atoms with Gasteiger partial charge in [0, 0.05) is 36.5 Å². The molecule has 2 aliphatic rings. The number of fused-ring (bicyclic) bond motifs is 1.